The fourth-order valence-electron chi connectivity index (χ4n) is 6.39. The monoisotopic (exact) mass is 734 g/mol. The summed E-state index contributed by atoms with van der Waals surface area (Å²) in [5.41, 5.74) is 10.6. The molecule has 1 aliphatic carbocycles. The number of nitrogens with zero attached hydrogens (tertiary/aromatic N) is 2. The van der Waals surface area contributed by atoms with Crippen molar-refractivity contribution >= 4 is 56.8 Å². The van der Waals surface area contributed by atoms with Crippen LogP contribution in [0, 0.1) is 27.7 Å². The number of aliphatic imine (C=N–C) groups is 2. The molecule has 0 bridgehead atoms. The molecule has 0 aliphatic heterocycles. The van der Waals surface area contributed by atoms with Gasteiger partial charge in [0.2, 0.25) is 0 Å². The number of aryl methyl sites for hydroxylation is 4. The molecule has 5 aromatic carbocycles. The van der Waals surface area contributed by atoms with Crippen LogP contribution in [0.2, 0.25) is 10.0 Å². The second-order valence-corrected chi connectivity index (χ2v) is 15.4. The van der Waals surface area contributed by atoms with Crippen LogP contribution in [0.1, 0.15) is 86.1 Å². The van der Waals surface area contributed by atoms with Crippen molar-refractivity contribution in [1.82, 2.24) is 0 Å². The second kappa shape index (κ2) is 14.3. The predicted molar refractivity (Wildman–Crippen MR) is 201 cm³/mol. The Kier molecular flexibility index (Phi) is 11.2. The molecule has 256 valence electrons. The van der Waals surface area contributed by atoms with E-state index in [2.05, 4.69) is 100 Å². The van der Waals surface area contributed by atoms with Gasteiger partial charge >= 0.3 is 16.5 Å². The van der Waals surface area contributed by atoms with Crippen LogP contribution in [0.25, 0.3) is 10.8 Å². The summed E-state index contributed by atoms with van der Waals surface area (Å²) in [5.74, 6) is -1.08. The van der Waals surface area contributed by atoms with Crippen molar-refractivity contribution in [2.24, 2.45) is 9.98 Å². The van der Waals surface area contributed by atoms with Gasteiger partial charge in [-0.2, -0.15) is 0 Å². The largest absolute Gasteiger partial charge is 2.00 e. The van der Waals surface area contributed by atoms with Gasteiger partial charge in [0, 0.05) is 16.5 Å². The number of para-hydroxylation sites is 2. The van der Waals surface area contributed by atoms with Gasteiger partial charge in [-0.05, 0) is 77.3 Å². The van der Waals surface area contributed by atoms with E-state index in [1.54, 1.807) is 0 Å². The van der Waals surface area contributed by atoms with Crippen molar-refractivity contribution in [3.05, 3.63) is 127 Å². The summed E-state index contributed by atoms with van der Waals surface area (Å²) in [4.78, 5) is 10.4. The zero-order valence-electron chi connectivity index (χ0n) is 29.7. The van der Waals surface area contributed by atoms with Crippen molar-refractivity contribution in [2.45, 2.75) is 80.1 Å². The number of hydrogen-bond donors (Lipinski definition) is 0. The van der Waals surface area contributed by atoms with E-state index in [4.69, 9.17) is 33.2 Å². The summed E-state index contributed by atoms with van der Waals surface area (Å²) in [6.07, 6.45) is 0. The van der Waals surface area contributed by atoms with E-state index in [1.807, 2.05) is 41.5 Å². The van der Waals surface area contributed by atoms with Crippen molar-refractivity contribution in [3.8, 4) is 11.5 Å². The van der Waals surface area contributed by atoms with Gasteiger partial charge < -0.3 is 10.2 Å². The van der Waals surface area contributed by atoms with E-state index in [0.717, 1.165) is 33.9 Å². The molecule has 0 saturated carbocycles. The van der Waals surface area contributed by atoms with Gasteiger partial charge in [0.05, 0.1) is 32.8 Å². The number of rotatable bonds is 2. The third kappa shape index (κ3) is 7.31. The van der Waals surface area contributed by atoms with Crippen molar-refractivity contribution in [3.63, 3.8) is 0 Å². The van der Waals surface area contributed by atoms with Crippen LogP contribution in [0.4, 0.5) is 11.4 Å². The molecule has 0 amide bonds. The maximum atomic E-state index is 12.2. The number of halogens is 2. The average molecular weight is 736 g/mol. The Bertz CT molecular complexity index is 1920. The Hall–Kier alpha value is -3.63. The molecule has 6 rings (SSSR count). The SMILES string of the molecule is CC(C)(C)c1c([O-])c([O-])c(C(C)(C)C)c(Cl)c1Cl.Cc1cccc(C)c1/N=C1\C(=N\c2c(C)cccc2C)c2cccc3cccc1c23.[Ni+2]. The fraction of sp³-hybridized carbons (Fsp3) is 0.286. The molecule has 0 unspecified atom stereocenters. The van der Waals surface area contributed by atoms with Crippen LogP contribution in [-0.2, 0) is 27.3 Å². The molecule has 49 heavy (non-hydrogen) atoms. The molecule has 0 fully saturated rings. The number of hydrogen-bond acceptors (Lipinski definition) is 4. The maximum Gasteiger partial charge on any atom is 2.00 e. The minimum absolute atomic E-state index is 0. The Labute approximate surface area is 310 Å². The Balaban J connectivity index is 0.000000246. The summed E-state index contributed by atoms with van der Waals surface area (Å²) >= 11 is 12.4. The summed E-state index contributed by atoms with van der Waals surface area (Å²) in [7, 11) is 0. The second-order valence-electron chi connectivity index (χ2n) is 14.6. The van der Waals surface area contributed by atoms with E-state index in [1.165, 1.54) is 33.0 Å². The first-order valence-electron chi connectivity index (χ1n) is 16.2. The smallest absolute Gasteiger partial charge is 0.873 e. The summed E-state index contributed by atoms with van der Waals surface area (Å²) < 4.78 is 0. The zero-order chi connectivity index (χ0) is 35.3. The third-order valence-corrected chi connectivity index (χ3v) is 9.61. The maximum absolute atomic E-state index is 12.2. The molecule has 5 aromatic rings. The molecular weight excluding hydrogens is 694 g/mol. The quantitative estimate of drug-likeness (QED) is 0.169. The van der Waals surface area contributed by atoms with E-state index < -0.39 is 22.3 Å². The van der Waals surface area contributed by atoms with E-state index in [9.17, 15) is 10.2 Å². The molecule has 0 atom stereocenters. The molecule has 0 saturated heterocycles. The van der Waals surface area contributed by atoms with Crippen LogP contribution >= 0.6 is 23.2 Å². The van der Waals surface area contributed by atoms with Crippen LogP contribution in [-0.4, -0.2) is 11.4 Å². The van der Waals surface area contributed by atoms with Gasteiger partial charge in [-0.25, -0.2) is 9.98 Å². The van der Waals surface area contributed by atoms with Crippen LogP contribution in [0.3, 0.4) is 0 Å². The molecular formula is C42H42Cl2N2NiO2. The molecule has 7 heteroatoms. The van der Waals surface area contributed by atoms with Crippen molar-refractivity contribution in [2.75, 3.05) is 0 Å². The third-order valence-electron chi connectivity index (χ3n) is 8.76. The van der Waals surface area contributed by atoms with E-state index in [0.29, 0.717) is 11.1 Å². The molecule has 0 N–H and O–H groups in total. The van der Waals surface area contributed by atoms with E-state index in [-0.39, 0.29) is 26.5 Å². The van der Waals surface area contributed by atoms with Crippen LogP contribution < -0.4 is 10.2 Å². The Morgan fingerprint density at radius 3 is 1.12 bits per heavy atom. The van der Waals surface area contributed by atoms with Crippen molar-refractivity contribution < 1.29 is 26.7 Å². The zero-order valence-corrected chi connectivity index (χ0v) is 32.2. The molecule has 4 nitrogen and oxygen atoms in total. The molecule has 0 heterocycles. The normalized spacial score (nSPS) is 14.2. The first-order chi connectivity index (χ1) is 22.4. The number of benzene rings is 5. The van der Waals surface area contributed by atoms with Gasteiger partial charge in [0.15, 0.2) is 0 Å². The van der Waals surface area contributed by atoms with E-state index >= 15 is 0 Å². The Morgan fingerprint density at radius 1 is 0.510 bits per heavy atom. The van der Waals surface area contributed by atoms with Gasteiger partial charge in [0.25, 0.3) is 0 Å². The molecule has 0 aromatic heterocycles. The van der Waals surface area contributed by atoms with Gasteiger partial charge in [-0.15, -0.1) is 11.5 Å². The molecule has 1 aliphatic rings. The van der Waals surface area contributed by atoms with Crippen molar-refractivity contribution in [1.29, 1.82) is 0 Å². The van der Waals surface area contributed by atoms with Gasteiger partial charge in [-0.1, -0.05) is 138 Å². The van der Waals surface area contributed by atoms with Gasteiger partial charge in [-0.3, -0.25) is 0 Å². The van der Waals surface area contributed by atoms with Gasteiger partial charge in [0.1, 0.15) is 0 Å². The first-order valence-corrected chi connectivity index (χ1v) is 16.9. The minimum atomic E-state index is -0.540. The summed E-state index contributed by atoms with van der Waals surface area (Å²) in [6, 6.07) is 25.6. The first kappa shape index (κ1) is 38.2. The standard InChI is InChI=1S/C28H24N2.C14H20Cl2O2.Ni/c1-17-9-5-10-18(2)25(17)29-27-22-15-7-13-21-14-8-16-23(24(21)22)28(27)30-26-19(3)11-6-12-20(26)4;1-13(2,3)7-9(15)10(16)8(14(4,5)6)12(18)11(7)17;/h5-16H,1-4H3;17-18H,1-6H3;/q;;+2/p-2/b29-27-,30-28+;;. The average Bonchev–Trinajstić information content (AvgIpc) is 3.28. The molecule has 0 radical (unpaired) electrons. The Morgan fingerprint density at radius 2 is 0.816 bits per heavy atom. The fourth-order valence-corrected chi connectivity index (χ4v) is 7.32. The predicted octanol–water partition coefficient (Wildman–Crippen LogP) is 11.1. The minimum Gasteiger partial charge on any atom is -0.873 e. The summed E-state index contributed by atoms with van der Waals surface area (Å²) in [6.45, 7) is 19.5. The van der Waals surface area contributed by atoms with Crippen LogP contribution in [0.5, 0.6) is 11.5 Å². The van der Waals surface area contributed by atoms with Crippen LogP contribution in [0.15, 0.2) is 82.8 Å². The molecule has 0 spiro atoms. The topological polar surface area (TPSA) is 70.8 Å². The summed E-state index contributed by atoms with van der Waals surface area (Å²) in [5, 5.41) is 27.3.